The second-order valence-corrected chi connectivity index (χ2v) is 5.82. The first kappa shape index (κ1) is 13.3. The number of aryl methyl sites for hydroxylation is 1. The predicted octanol–water partition coefficient (Wildman–Crippen LogP) is 0.843. The second kappa shape index (κ2) is 5.23. The highest BCUT2D eigenvalue weighted by Crippen LogP contribution is 2.15. The van der Waals surface area contributed by atoms with Gasteiger partial charge in [-0.2, -0.15) is 10.5 Å². The average molecular weight is 287 g/mol. The molecular weight excluding hydrogens is 278 g/mol. The Morgan fingerprint density at radius 3 is 2.63 bits per heavy atom. The average Bonchev–Trinajstić information content (AvgIpc) is 2.92. The molecule has 0 N–H and O–H groups in total. The van der Waals surface area contributed by atoms with Gasteiger partial charge in [-0.25, -0.2) is 0 Å². The largest absolute Gasteiger partial charge is 0.300 e. The summed E-state index contributed by atoms with van der Waals surface area (Å²) in [6.45, 7) is 1.98. The second-order valence-electron chi connectivity index (χ2n) is 3.85. The van der Waals surface area contributed by atoms with E-state index in [2.05, 4.69) is 0 Å². The number of nitrogens with zero attached hydrogens (tertiary/aromatic N) is 3. The van der Waals surface area contributed by atoms with Crippen LogP contribution in [0.1, 0.15) is 10.4 Å². The van der Waals surface area contributed by atoms with Crippen LogP contribution >= 0.6 is 22.7 Å². The summed E-state index contributed by atoms with van der Waals surface area (Å²) >= 11 is 2.72. The Balaban J connectivity index is 2.82. The zero-order valence-electron chi connectivity index (χ0n) is 10.3. The van der Waals surface area contributed by atoms with Crippen LogP contribution in [0.15, 0.2) is 16.2 Å². The lowest BCUT2D eigenvalue weighted by molar-refractivity contribution is 0.855. The van der Waals surface area contributed by atoms with E-state index in [0.29, 0.717) is 9.20 Å². The smallest absolute Gasteiger partial charge is 0.268 e. The Kier molecular flexibility index (Phi) is 3.66. The topological polar surface area (TPSA) is 69.6 Å². The molecule has 0 aliphatic carbocycles. The minimum absolute atomic E-state index is 0.0350. The fourth-order valence-electron chi connectivity index (χ4n) is 1.56. The Morgan fingerprint density at radius 1 is 1.42 bits per heavy atom. The van der Waals surface area contributed by atoms with Gasteiger partial charge in [0.15, 0.2) is 5.57 Å². The number of thiazole rings is 1. The molecule has 0 amide bonds. The van der Waals surface area contributed by atoms with E-state index in [9.17, 15) is 4.79 Å². The van der Waals surface area contributed by atoms with E-state index in [1.807, 2.05) is 36.6 Å². The lowest BCUT2D eigenvalue weighted by Crippen LogP contribution is -2.29. The molecule has 0 atom stereocenters. The van der Waals surface area contributed by atoms with Gasteiger partial charge in [-0.15, -0.1) is 22.7 Å². The zero-order valence-corrected chi connectivity index (χ0v) is 11.9. The predicted molar refractivity (Wildman–Crippen MR) is 76.1 cm³/mol. The molecule has 0 bridgehead atoms. The molecule has 2 heterocycles. The van der Waals surface area contributed by atoms with E-state index >= 15 is 0 Å². The lowest BCUT2D eigenvalue weighted by Gasteiger charge is -1.86. The standard InChI is InChI=1S/C13H9N3OS2/c1-8-3-4-18-10(8)5-11-12(17)16(2)13(19-11)9(6-14)7-15/h3-5H,1-2H3/b11-5-. The molecule has 0 aliphatic heterocycles. The monoisotopic (exact) mass is 287 g/mol. The van der Waals surface area contributed by atoms with Crippen LogP contribution in [-0.4, -0.2) is 4.57 Å². The Morgan fingerprint density at radius 2 is 2.11 bits per heavy atom. The van der Waals surface area contributed by atoms with Gasteiger partial charge in [-0.05, 0) is 30.0 Å². The van der Waals surface area contributed by atoms with Crippen LogP contribution in [0.3, 0.4) is 0 Å². The molecule has 2 aromatic heterocycles. The molecule has 2 aromatic rings. The molecule has 0 fully saturated rings. The summed E-state index contributed by atoms with van der Waals surface area (Å²) < 4.78 is 2.28. The fraction of sp³-hybridized carbons (Fsp3) is 0.154. The van der Waals surface area contributed by atoms with Gasteiger partial charge >= 0.3 is 0 Å². The SMILES string of the molecule is Cc1ccsc1/C=c1\sc(=C(C#N)C#N)n(C)c1=O. The Hall–Kier alpha value is -2.15. The fourth-order valence-corrected chi connectivity index (χ4v) is 3.51. The maximum Gasteiger partial charge on any atom is 0.268 e. The molecule has 94 valence electrons. The van der Waals surface area contributed by atoms with Crippen molar-refractivity contribution >= 4 is 34.3 Å². The van der Waals surface area contributed by atoms with E-state index in [4.69, 9.17) is 10.5 Å². The molecule has 4 nitrogen and oxygen atoms in total. The molecule has 0 saturated carbocycles. The zero-order chi connectivity index (χ0) is 14.0. The van der Waals surface area contributed by atoms with E-state index in [0.717, 1.165) is 10.4 Å². The molecular formula is C13H9N3OS2. The Bertz CT molecular complexity index is 868. The third kappa shape index (κ3) is 2.37. The summed E-state index contributed by atoms with van der Waals surface area (Å²) in [6, 6.07) is 5.61. The minimum Gasteiger partial charge on any atom is -0.300 e. The molecule has 0 aliphatic rings. The summed E-state index contributed by atoms with van der Waals surface area (Å²) in [5.41, 5.74) is 0.884. The van der Waals surface area contributed by atoms with Gasteiger partial charge in [0.25, 0.3) is 5.56 Å². The third-order valence-corrected chi connectivity index (χ3v) is 4.78. The maximum atomic E-state index is 12.1. The summed E-state index contributed by atoms with van der Waals surface area (Å²) in [5.74, 6) is 0. The molecule has 2 rings (SSSR count). The van der Waals surface area contributed by atoms with E-state index < -0.39 is 0 Å². The van der Waals surface area contributed by atoms with E-state index in [-0.39, 0.29) is 11.1 Å². The van der Waals surface area contributed by atoms with E-state index in [1.54, 1.807) is 18.4 Å². The van der Waals surface area contributed by atoms with Gasteiger partial charge in [0.1, 0.15) is 16.8 Å². The van der Waals surface area contributed by atoms with Crippen molar-refractivity contribution in [3.8, 4) is 12.1 Å². The number of hydrogen-bond donors (Lipinski definition) is 0. The van der Waals surface area contributed by atoms with Crippen molar-refractivity contribution in [2.75, 3.05) is 0 Å². The molecule has 0 unspecified atom stereocenters. The molecule has 0 spiro atoms. The van der Waals surface area contributed by atoms with Crippen LogP contribution < -0.4 is 14.8 Å². The highest BCUT2D eigenvalue weighted by molar-refractivity contribution is 7.11. The van der Waals surface area contributed by atoms with Crippen molar-refractivity contribution in [1.82, 2.24) is 4.57 Å². The van der Waals surface area contributed by atoms with Crippen molar-refractivity contribution in [2.24, 2.45) is 7.05 Å². The van der Waals surface area contributed by atoms with Crippen molar-refractivity contribution in [3.63, 3.8) is 0 Å². The molecule has 6 heteroatoms. The van der Waals surface area contributed by atoms with Gasteiger partial charge in [0.2, 0.25) is 0 Å². The first-order chi connectivity index (χ1) is 9.08. The number of hydrogen-bond acceptors (Lipinski definition) is 5. The van der Waals surface area contributed by atoms with Crippen molar-refractivity contribution in [2.45, 2.75) is 6.92 Å². The van der Waals surface area contributed by atoms with Crippen molar-refractivity contribution < 1.29 is 0 Å². The number of rotatable bonds is 1. The molecule has 0 radical (unpaired) electrons. The lowest BCUT2D eigenvalue weighted by atomic mass is 10.3. The van der Waals surface area contributed by atoms with Crippen LogP contribution in [0.2, 0.25) is 0 Å². The van der Waals surface area contributed by atoms with Gasteiger partial charge in [-0.3, -0.25) is 4.79 Å². The highest BCUT2D eigenvalue weighted by Gasteiger charge is 2.06. The van der Waals surface area contributed by atoms with Crippen LogP contribution in [-0.2, 0) is 7.05 Å². The van der Waals surface area contributed by atoms with Crippen LogP contribution in [0.5, 0.6) is 0 Å². The van der Waals surface area contributed by atoms with Crippen LogP contribution in [0.25, 0.3) is 11.6 Å². The first-order valence-electron chi connectivity index (χ1n) is 5.34. The summed E-state index contributed by atoms with van der Waals surface area (Å²) in [5, 5.41) is 19.7. The number of aromatic nitrogens is 1. The Labute approximate surface area is 117 Å². The summed E-state index contributed by atoms with van der Waals surface area (Å²) in [4.78, 5) is 13.1. The minimum atomic E-state index is -0.184. The first-order valence-corrected chi connectivity index (χ1v) is 7.04. The maximum absolute atomic E-state index is 12.1. The molecule has 0 saturated heterocycles. The van der Waals surface area contributed by atoms with Crippen LogP contribution in [0, 0.1) is 29.6 Å². The summed E-state index contributed by atoms with van der Waals surface area (Å²) in [7, 11) is 1.57. The third-order valence-electron chi connectivity index (χ3n) is 2.63. The van der Waals surface area contributed by atoms with Gasteiger partial charge in [0.05, 0.1) is 4.53 Å². The quantitative estimate of drug-likeness (QED) is 0.780. The van der Waals surface area contributed by atoms with E-state index in [1.165, 1.54) is 15.9 Å². The molecule has 19 heavy (non-hydrogen) atoms. The van der Waals surface area contributed by atoms with Crippen molar-refractivity contribution in [3.05, 3.63) is 41.4 Å². The molecule has 0 aromatic carbocycles. The van der Waals surface area contributed by atoms with Gasteiger partial charge in [-0.1, -0.05) is 0 Å². The number of thiophene rings is 1. The van der Waals surface area contributed by atoms with Gasteiger partial charge < -0.3 is 4.57 Å². The highest BCUT2D eigenvalue weighted by atomic mass is 32.1. The normalized spacial score (nSPS) is 11.1. The van der Waals surface area contributed by atoms with Crippen LogP contribution in [0.4, 0.5) is 0 Å². The van der Waals surface area contributed by atoms with Crippen molar-refractivity contribution in [1.29, 1.82) is 10.5 Å². The van der Waals surface area contributed by atoms with Gasteiger partial charge in [0, 0.05) is 11.9 Å². The summed E-state index contributed by atoms with van der Waals surface area (Å²) in [6.07, 6.45) is 1.81. The number of nitriles is 2.